The Hall–Kier alpha value is -1.77. The molecule has 106 valence electrons. The maximum absolute atomic E-state index is 11.3. The van der Waals surface area contributed by atoms with Crippen LogP contribution in [0.5, 0.6) is 0 Å². The van der Waals surface area contributed by atoms with Crippen LogP contribution in [-0.4, -0.2) is 60.5 Å². The van der Waals surface area contributed by atoms with E-state index in [9.17, 15) is 19.2 Å². The minimum absolute atomic E-state index is 0.0273. The van der Waals surface area contributed by atoms with Crippen molar-refractivity contribution in [3.05, 3.63) is 0 Å². The Morgan fingerprint density at radius 3 is 2.74 bits per heavy atom. The van der Waals surface area contributed by atoms with Gasteiger partial charge in [0.1, 0.15) is 0 Å². The Morgan fingerprint density at radius 2 is 2.16 bits per heavy atom. The Bertz CT molecular complexity index is 387. The number of amides is 4. The summed E-state index contributed by atoms with van der Waals surface area (Å²) >= 11 is 1.21. The number of rotatable bonds is 5. The van der Waals surface area contributed by atoms with E-state index in [-0.39, 0.29) is 18.2 Å². The molecule has 8 nitrogen and oxygen atoms in total. The van der Waals surface area contributed by atoms with Gasteiger partial charge in [0.25, 0.3) is 11.1 Å². The van der Waals surface area contributed by atoms with Gasteiger partial charge in [-0.2, -0.15) is 0 Å². The lowest BCUT2D eigenvalue weighted by Crippen LogP contribution is -2.39. The first-order valence-electron chi connectivity index (χ1n) is 5.62. The molecule has 0 saturated carbocycles. The van der Waals surface area contributed by atoms with E-state index in [4.69, 9.17) is 0 Å². The second-order valence-corrected chi connectivity index (χ2v) is 4.69. The number of imide groups is 1. The maximum Gasteiger partial charge on any atom is 0.321 e. The number of nitrogens with one attached hydrogen (secondary N) is 2. The molecular formula is C10H15N3O5S. The van der Waals surface area contributed by atoms with Gasteiger partial charge < -0.3 is 15.0 Å². The van der Waals surface area contributed by atoms with Crippen molar-refractivity contribution in [3.8, 4) is 0 Å². The van der Waals surface area contributed by atoms with Crippen LogP contribution in [0, 0.1) is 0 Å². The molecule has 0 aromatic carbocycles. The number of ether oxygens (including phenoxy) is 1. The first kappa shape index (κ1) is 15.3. The van der Waals surface area contributed by atoms with Crippen LogP contribution in [0.1, 0.15) is 6.42 Å². The molecule has 19 heavy (non-hydrogen) atoms. The molecule has 1 fully saturated rings. The monoisotopic (exact) mass is 289 g/mol. The van der Waals surface area contributed by atoms with Gasteiger partial charge in [-0.15, -0.1) is 0 Å². The number of urea groups is 1. The minimum Gasteiger partial charge on any atom is -0.456 e. The van der Waals surface area contributed by atoms with Gasteiger partial charge in [-0.3, -0.25) is 19.7 Å². The largest absolute Gasteiger partial charge is 0.456 e. The standard InChI is InChI=1S/C10H15N3O5S/c1-11-9(16)12-7(14)6-18-8(15)2-3-13-4-5-19-10(13)17/h2-6H2,1H3,(H2,11,12,14,16). The molecule has 0 radical (unpaired) electrons. The number of nitrogens with zero attached hydrogens (tertiary/aromatic N) is 1. The van der Waals surface area contributed by atoms with Gasteiger partial charge in [0.05, 0.1) is 6.42 Å². The lowest BCUT2D eigenvalue weighted by Gasteiger charge is -2.13. The highest BCUT2D eigenvalue weighted by Crippen LogP contribution is 2.17. The summed E-state index contributed by atoms with van der Waals surface area (Å²) in [5.41, 5.74) is 0. The van der Waals surface area contributed by atoms with E-state index < -0.39 is 24.5 Å². The molecule has 0 aromatic rings. The average Bonchev–Trinajstić information content (AvgIpc) is 2.79. The van der Waals surface area contributed by atoms with Gasteiger partial charge in [0.2, 0.25) is 0 Å². The predicted octanol–water partition coefficient (Wildman–Crippen LogP) is -0.456. The van der Waals surface area contributed by atoms with Crippen LogP contribution in [0.15, 0.2) is 0 Å². The molecule has 0 spiro atoms. The molecule has 1 aliphatic heterocycles. The van der Waals surface area contributed by atoms with Crippen LogP contribution in [0.4, 0.5) is 9.59 Å². The molecule has 0 aromatic heterocycles. The summed E-state index contributed by atoms with van der Waals surface area (Å²) in [6.45, 7) is 0.380. The summed E-state index contributed by atoms with van der Waals surface area (Å²) in [7, 11) is 1.36. The van der Waals surface area contributed by atoms with E-state index in [1.54, 1.807) is 4.90 Å². The van der Waals surface area contributed by atoms with Crippen molar-refractivity contribution >= 4 is 34.9 Å². The Balaban J connectivity index is 2.15. The topological polar surface area (TPSA) is 105 Å². The van der Waals surface area contributed by atoms with Crippen molar-refractivity contribution in [2.24, 2.45) is 0 Å². The third kappa shape index (κ3) is 5.60. The van der Waals surface area contributed by atoms with Gasteiger partial charge in [-0.05, 0) is 0 Å². The molecule has 0 aliphatic carbocycles. The Morgan fingerprint density at radius 1 is 1.42 bits per heavy atom. The highest BCUT2D eigenvalue weighted by atomic mass is 32.2. The van der Waals surface area contributed by atoms with Crippen LogP contribution < -0.4 is 10.6 Å². The summed E-state index contributed by atoms with van der Waals surface area (Å²) in [5.74, 6) is -0.570. The highest BCUT2D eigenvalue weighted by Gasteiger charge is 2.21. The van der Waals surface area contributed by atoms with E-state index in [1.807, 2.05) is 5.32 Å². The molecule has 2 N–H and O–H groups in total. The van der Waals surface area contributed by atoms with E-state index in [0.29, 0.717) is 6.54 Å². The van der Waals surface area contributed by atoms with Crippen LogP contribution in [0.2, 0.25) is 0 Å². The van der Waals surface area contributed by atoms with Gasteiger partial charge >= 0.3 is 12.0 Å². The first-order chi connectivity index (χ1) is 9.02. The van der Waals surface area contributed by atoms with E-state index in [0.717, 1.165) is 5.75 Å². The minimum atomic E-state index is -0.708. The Labute approximate surface area is 114 Å². The van der Waals surface area contributed by atoms with Gasteiger partial charge in [-0.25, -0.2) is 4.79 Å². The molecule has 0 bridgehead atoms. The summed E-state index contributed by atoms with van der Waals surface area (Å²) in [6.07, 6.45) is 0.0273. The second kappa shape index (κ2) is 7.62. The average molecular weight is 289 g/mol. The van der Waals surface area contributed by atoms with Crippen molar-refractivity contribution in [3.63, 3.8) is 0 Å². The number of thioether (sulfide) groups is 1. The zero-order valence-corrected chi connectivity index (χ0v) is 11.2. The lowest BCUT2D eigenvalue weighted by atomic mass is 10.4. The summed E-state index contributed by atoms with van der Waals surface area (Å²) in [6, 6.07) is -0.666. The van der Waals surface area contributed by atoms with Gasteiger partial charge in [0, 0.05) is 25.9 Å². The zero-order valence-electron chi connectivity index (χ0n) is 10.4. The van der Waals surface area contributed by atoms with E-state index in [2.05, 4.69) is 10.1 Å². The molecular weight excluding hydrogens is 274 g/mol. The predicted molar refractivity (Wildman–Crippen MR) is 67.6 cm³/mol. The number of esters is 1. The van der Waals surface area contributed by atoms with Crippen molar-refractivity contribution in [2.75, 3.05) is 32.5 Å². The molecule has 1 rings (SSSR count). The molecule has 0 unspecified atom stereocenters. The molecule has 1 aliphatic rings. The smallest absolute Gasteiger partial charge is 0.321 e. The fourth-order valence-corrected chi connectivity index (χ4v) is 2.15. The SMILES string of the molecule is CNC(=O)NC(=O)COC(=O)CCN1CCSC1=O. The fourth-order valence-electron chi connectivity index (χ4n) is 1.30. The van der Waals surface area contributed by atoms with Crippen molar-refractivity contribution < 1.29 is 23.9 Å². The van der Waals surface area contributed by atoms with E-state index in [1.165, 1.54) is 18.8 Å². The zero-order chi connectivity index (χ0) is 14.3. The van der Waals surface area contributed by atoms with Crippen molar-refractivity contribution in [1.82, 2.24) is 15.5 Å². The quantitative estimate of drug-likeness (QED) is 0.664. The van der Waals surface area contributed by atoms with Crippen LogP contribution in [0.3, 0.4) is 0 Å². The van der Waals surface area contributed by atoms with Crippen LogP contribution in [0.25, 0.3) is 0 Å². The molecule has 1 saturated heterocycles. The van der Waals surface area contributed by atoms with Crippen molar-refractivity contribution in [1.29, 1.82) is 0 Å². The third-order valence-electron chi connectivity index (χ3n) is 2.28. The molecule has 1 heterocycles. The number of hydrogen-bond acceptors (Lipinski definition) is 6. The second-order valence-electron chi connectivity index (χ2n) is 3.64. The molecule has 9 heteroatoms. The first-order valence-corrected chi connectivity index (χ1v) is 6.60. The normalized spacial score (nSPS) is 14.2. The highest BCUT2D eigenvalue weighted by molar-refractivity contribution is 8.13. The summed E-state index contributed by atoms with van der Waals surface area (Å²) in [4.78, 5) is 46.0. The van der Waals surface area contributed by atoms with Gasteiger partial charge in [0.15, 0.2) is 6.61 Å². The lowest BCUT2D eigenvalue weighted by molar-refractivity contribution is -0.148. The maximum atomic E-state index is 11.3. The van der Waals surface area contributed by atoms with Crippen LogP contribution in [-0.2, 0) is 14.3 Å². The Kier molecular flexibility index (Phi) is 6.13. The van der Waals surface area contributed by atoms with Crippen LogP contribution >= 0.6 is 11.8 Å². The van der Waals surface area contributed by atoms with Gasteiger partial charge in [-0.1, -0.05) is 11.8 Å². The molecule has 0 atom stereocenters. The fraction of sp³-hybridized carbons (Fsp3) is 0.600. The molecule has 4 amide bonds. The van der Waals surface area contributed by atoms with Crippen molar-refractivity contribution in [2.45, 2.75) is 6.42 Å². The summed E-state index contributed by atoms with van der Waals surface area (Å²) < 4.78 is 4.67. The number of hydrogen-bond donors (Lipinski definition) is 2. The number of carbonyl (C=O) groups excluding carboxylic acids is 4. The number of carbonyl (C=O) groups is 4. The summed E-state index contributed by atoms with van der Waals surface area (Å²) in [5, 5.41) is 4.10. The van der Waals surface area contributed by atoms with E-state index >= 15 is 0 Å². The third-order valence-corrected chi connectivity index (χ3v) is 3.17.